The predicted octanol–water partition coefficient (Wildman–Crippen LogP) is 5.93. The number of aromatic nitrogens is 2. The molecule has 0 saturated heterocycles. The van der Waals surface area contributed by atoms with E-state index in [0.717, 1.165) is 15.7 Å². The summed E-state index contributed by atoms with van der Waals surface area (Å²) in [6.07, 6.45) is 0. The molecule has 3 aromatic rings. The summed E-state index contributed by atoms with van der Waals surface area (Å²) in [6, 6.07) is 16.7. The first-order chi connectivity index (χ1) is 13.1. The fourth-order valence-electron chi connectivity index (χ4n) is 2.37. The van der Waals surface area contributed by atoms with E-state index in [1.54, 1.807) is 18.2 Å². The first-order valence-corrected chi connectivity index (χ1v) is 10.4. The average Bonchev–Trinajstić information content (AvgIpc) is 2.68. The fourth-order valence-corrected chi connectivity index (χ4v) is 3.71. The van der Waals surface area contributed by atoms with Gasteiger partial charge in [0.2, 0.25) is 0 Å². The molecule has 0 atom stereocenters. The topological polar surface area (TPSA) is 52.1 Å². The van der Waals surface area contributed by atoms with Crippen molar-refractivity contribution in [3.63, 3.8) is 0 Å². The first kappa shape index (κ1) is 19.9. The highest BCUT2D eigenvalue weighted by atomic mass is 79.9. The molecule has 0 N–H and O–H groups in total. The Morgan fingerprint density at radius 1 is 1.15 bits per heavy atom. The van der Waals surface area contributed by atoms with Crippen molar-refractivity contribution in [3.8, 4) is 17.0 Å². The van der Waals surface area contributed by atoms with Crippen LogP contribution in [0.15, 0.2) is 64.1 Å². The molecule has 3 rings (SSSR count). The van der Waals surface area contributed by atoms with Crippen LogP contribution in [0.4, 0.5) is 0 Å². The minimum absolute atomic E-state index is 0.0252. The number of Topliss-reactive ketones (excluding diaryl/α,β-unsaturated/α-hetero) is 1. The van der Waals surface area contributed by atoms with Gasteiger partial charge in [-0.1, -0.05) is 51.4 Å². The first-order valence-electron chi connectivity index (χ1n) is 8.25. The Bertz CT molecular complexity index is 951. The van der Waals surface area contributed by atoms with E-state index in [2.05, 4.69) is 26.1 Å². The highest BCUT2D eigenvalue weighted by molar-refractivity contribution is 9.10. The second kappa shape index (κ2) is 9.35. The molecule has 7 heteroatoms. The molecule has 138 valence electrons. The van der Waals surface area contributed by atoms with Gasteiger partial charge in [0.25, 0.3) is 0 Å². The molecule has 0 unspecified atom stereocenters. The van der Waals surface area contributed by atoms with Gasteiger partial charge in [0.05, 0.1) is 23.1 Å². The predicted molar refractivity (Wildman–Crippen MR) is 113 cm³/mol. The third kappa shape index (κ3) is 5.31. The number of carbonyl (C=O) groups is 1. The molecule has 0 amide bonds. The Balaban J connectivity index is 1.63. The lowest BCUT2D eigenvalue weighted by molar-refractivity contribution is 0.102. The van der Waals surface area contributed by atoms with Gasteiger partial charge in [-0.2, -0.15) is 0 Å². The van der Waals surface area contributed by atoms with E-state index >= 15 is 0 Å². The second-order valence-electron chi connectivity index (χ2n) is 5.56. The third-order valence-electron chi connectivity index (χ3n) is 3.67. The summed E-state index contributed by atoms with van der Waals surface area (Å²) in [6.45, 7) is 2.41. The SMILES string of the molecule is CCOc1ccc(C(=O)CSc2ccc(-c3cccc(Br)c3)nn2)cc1Cl. The molecule has 0 aliphatic carbocycles. The summed E-state index contributed by atoms with van der Waals surface area (Å²) in [5.41, 5.74) is 2.31. The number of thioether (sulfide) groups is 1. The van der Waals surface area contributed by atoms with Crippen molar-refractivity contribution < 1.29 is 9.53 Å². The summed E-state index contributed by atoms with van der Waals surface area (Å²) >= 11 is 10.9. The Morgan fingerprint density at radius 3 is 2.67 bits per heavy atom. The Morgan fingerprint density at radius 2 is 2.00 bits per heavy atom. The molecule has 1 heterocycles. The largest absolute Gasteiger partial charge is 0.492 e. The number of rotatable bonds is 7. The van der Waals surface area contributed by atoms with Crippen LogP contribution in [-0.2, 0) is 0 Å². The number of benzene rings is 2. The molecular formula is C20H16BrClN2O2S. The maximum Gasteiger partial charge on any atom is 0.173 e. The van der Waals surface area contributed by atoms with E-state index in [0.29, 0.717) is 28.0 Å². The quantitative estimate of drug-likeness (QED) is 0.321. The van der Waals surface area contributed by atoms with Gasteiger partial charge >= 0.3 is 0 Å². The fraction of sp³-hybridized carbons (Fsp3) is 0.150. The average molecular weight is 464 g/mol. The van der Waals surface area contributed by atoms with Gasteiger partial charge in [-0.25, -0.2) is 0 Å². The summed E-state index contributed by atoms with van der Waals surface area (Å²) in [4.78, 5) is 12.4. The zero-order valence-corrected chi connectivity index (χ0v) is 17.6. The van der Waals surface area contributed by atoms with Crippen LogP contribution >= 0.6 is 39.3 Å². The van der Waals surface area contributed by atoms with Crippen molar-refractivity contribution >= 4 is 45.1 Å². The number of ketones is 1. The smallest absolute Gasteiger partial charge is 0.173 e. The molecule has 0 saturated carbocycles. The number of carbonyl (C=O) groups excluding carboxylic acids is 1. The Kier molecular flexibility index (Phi) is 6.88. The number of ether oxygens (including phenoxy) is 1. The monoisotopic (exact) mass is 462 g/mol. The van der Waals surface area contributed by atoms with E-state index in [1.165, 1.54) is 11.8 Å². The highest BCUT2D eigenvalue weighted by Gasteiger charge is 2.11. The van der Waals surface area contributed by atoms with Crippen LogP contribution in [0.2, 0.25) is 5.02 Å². The zero-order valence-electron chi connectivity index (χ0n) is 14.5. The number of hydrogen-bond donors (Lipinski definition) is 0. The molecule has 1 aromatic heterocycles. The molecule has 0 fully saturated rings. The number of hydrogen-bond acceptors (Lipinski definition) is 5. The summed E-state index contributed by atoms with van der Waals surface area (Å²) in [5.74, 6) is 0.815. The van der Waals surface area contributed by atoms with Crippen LogP contribution in [-0.4, -0.2) is 28.3 Å². The Hall–Kier alpha value is -1.89. The molecule has 27 heavy (non-hydrogen) atoms. The van der Waals surface area contributed by atoms with Crippen LogP contribution in [0.1, 0.15) is 17.3 Å². The lowest BCUT2D eigenvalue weighted by Crippen LogP contribution is -2.03. The van der Waals surface area contributed by atoms with Gasteiger partial charge in [-0.15, -0.1) is 10.2 Å². The summed E-state index contributed by atoms with van der Waals surface area (Å²) in [7, 11) is 0. The van der Waals surface area contributed by atoms with Gasteiger partial charge in [0.15, 0.2) is 5.78 Å². The number of nitrogens with zero attached hydrogens (tertiary/aromatic N) is 2. The molecular weight excluding hydrogens is 448 g/mol. The normalized spacial score (nSPS) is 10.6. The Labute approximate surface area is 175 Å². The standard InChI is InChI=1S/C20H16BrClN2O2S/c1-2-26-19-8-6-14(11-16(19)22)18(25)12-27-20-9-7-17(23-24-20)13-4-3-5-15(21)10-13/h3-11H,2,12H2,1H3. The van der Waals surface area contributed by atoms with E-state index in [1.807, 2.05) is 43.3 Å². The molecule has 4 nitrogen and oxygen atoms in total. The zero-order chi connectivity index (χ0) is 19.2. The molecule has 0 spiro atoms. The van der Waals surface area contributed by atoms with Crippen molar-refractivity contribution in [1.29, 1.82) is 0 Å². The molecule has 0 bridgehead atoms. The van der Waals surface area contributed by atoms with Gasteiger partial charge in [0, 0.05) is 15.6 Å². The van der Waals surface area contributed by atoms with Crippen molar-refractivity contribution in [1.82, 2.24) is 10.2 Å². The van der Waals surface area contributed by atoms with Crippen LogP contribution < -0.4 is 4.74 Å². The van der Waals surface area contributed by atoms with Gasteiger partial charge in [-0.3, -0.25) is 4.79 Å². The van der Waals surface area contributed by atoms with E-state index in [-0.39, 0.29) is 11.5 Å². The van der Waals surface area contributed by atoms with E-state index < -0.39 is 0 Å². The lowest BCUT2D eigenvalue weighted by Gasteiger charge is -2.07. The minimum atomic E-state index is -0.0252. The lowest BCUT2D eigenvalue weighted by atomic mass is 10.1. The van der Waals surface area contributed by atoms with Gasteiger partial charge in [0.1, 0.15) is 10.8 Å². The second-order valence-corrected chi connectivity index (χ2v) is 7.88. The minimum Gasteiger partial charge on any atom is -0.492 e. The van der Waals surface area contributed by atoms with Crippen LogP contribution in [0, 0.1) is 0 Å². The summed E-state index contributed by atoms with van der Waals surface area (Å²) < 4.78 is 6.37. The molecule has 2 aromatic carbocycles. The van der Waals surface area contributed by atoms with Crippen LogP contribution in [0.25, 0.3) is 11.3 Å². The van der Waals surface area contributed by atoms with E-state index in [4.69, 9.17) is 16.3 Å². The van der Waals surface area contributed by atoms with Gasteiger partial charge < -0.3 is 4.74 Å². The maximum atomic E-state index is 12.4. The molecule has 0 aliphatic heterocycles. The van der Waals surface area contributed by atoms with Gasteiger partial charge in [-0.05, 0) is 49.4 Å². The van der Waals surface area contributed by atoms with E-state index in [9.17, 15) is 4.79 Å². The van der Waals surface area contributed by atoms with Crippen molar-refractivity contribution in [2.45, 2.75) is 11.9 Å². The van der Waals surface area contributed by atoms with Crippen molar-refractivity contribution in [2.75, 3.05) is 12.4 Å². The van der Waals surface area contributed by atoms with Crippen molar-refractivity contribution in [3.05, 3.63) is 69.7 Å². The number of halogens is 2. The van der Waals surface area contributed by atoms with Crippen LogP contribution in [0.5, 0.6) is 5.75 Å². The molecule has 0 aliphatic rings. The summed E-state index contributed by atoms with van der Waals surface area (Å²) in [5, 5.41) is 9.58. The highest BCUT2D eigenvalue weighted by Crippen LogP contribution is 2.27. The van der Waals surface area contributed by atoms with Crippen LogP contribution in [0.3, 0.4) is 0 Å². The third-order valence-corrected chi connectivity index (χ3v) is 5.37. The molecule has 0 radical (unpaired) electrons. The maximum absolute atomic E-state index is 12.4. The van der Waals surface area contributed by atoms with Crippen molar-refractivity contribution in [2.24, 2.45) is 0 Å².